The van der Waals surface area contributed by atoms with Gasteiger partial charge in [-0.2, -0.15) is 18.3 Å². The van der Waals surface area contributed by atoms with Crippen molar-refractivity contribution in [2.45, 2.75) is 13.1 Å². The van der Waals surface area contributed by atoms with Crippen molar-refractivity contribution in [3.63, 3.8) is 0 Å². The number of carbonyl (C=O) groups excluding carboxylic acids is 1. The number of aryl methyl sites for hydroxylation is 1. The molecule has 0 bridgehead atoms. The Balaban J connectivity index is 2.73. The number of ketones is 1. The molecule has 0 radical (unpaired) electrons. The first kappa shape index (κ1) is 11.6. The van der Waals surface area contributed by atoms with Gasteiger partial charge in [0.2, 0.25) is 0 Å². The molecular weight excluding hydrogens is 233 g/mol. The van der Waals surface area contributed by atoms with Gasteiger partial charge in [-0.05, 0) is 19.1 Å². The Kier molecular flexibility index (Phi) is 2.45. The molecule has 0 N–H and O–H groups in total. The van der Waals surface area contributed by atoms with E-state index < -0.39 is 11.9 Å². The van der Waals surface area contributed by atoms with Crippen molar-refractivity contribution in [2.24, 2.45) is 7.05 Å². The number of fused-ring (bicyclic) bond motifs is 1. The molecular formula is C11H9F3N2O. The first-order valence-corrected chi connectivity index (χ1v) is 4.85. The largest absolute Gasteiger partial charge is 0.433 e. The third-order valence-electron chi connectivity index (χ3n) is 2.51. The highest BCUT2D eigenvalue weighted by molar-refractivity contribution is 5.98. The first-order chi connectivity index (χ1) is 7.80. The van der Waals surface area contributed by atoms with E-state index in [4.69, 9.17) is 0 Å². The summed E-state index contributed by atoms with van der Waals surface area (Å²) in [5.41, 5.74) is -0.278. The number of halogens is 3. The quantitative estimate of drug-likeness (QED) is 0.721. The van der Waals surface area contributed by atoms with Gasteiger partial charge in [0.05, 0.1) is 5.52 Å². The van der Waals surface area contributed by atoms with Crippen LogP contribution in [-0.4, -0.2) is 15.6 Å². The van der Waals surface area contributed by atoms with Crippen LogP contribution < -0.4 is 0 Å². The number of Topliss-reactive ketones (excluding diaryl/α,β-unsaturated/α-hetero) is 1. The Morgan fingerprint density at radius 2 is 2.00 bits per heavy atom. The maximum atomic E-state index is 12.7. The number of hydrogen-bond donors (Lipinski definition) is 0. The lowest BCUT2D eigenvalue weighted by Crippen LogP contribution is -2.11. The van der Waals surface area contributed by atoms with E-state index in [1.807, 2.05) is 0 Å². The van der Waals surface area contributed by atoms with Crippen LogP contribution in [0.4, 0.5) is 13.2 Å². The Labute approximate surface area is 94.8 Å². The smallest absolute Gasteiger partial charge is 0.295 e. The SMILES string of the molecule is CC(=O)c1ccc2c(C(F)(F)F)n(C)nc2c1. The summed E-state index contributed by atoms with van der Waals surface area (Å²) in [5, 5.41) is 3.77. The van der Waals surface area contributed by atoms with E-state index >= 15 is 0 Å². The second-order valence-electron chi connectivity index (χ2n) is 3.76. The first-order valence-electron chi connectivity index (χ1n) is 4.85. The normalized spacial score (nSPS) is 12.1. The number of benzene rings is 1. The van der Waals surface area contributed by atoms with E-state index in [-0.39, 0.29) is 16.7 Å². The van der Waals surface area contributed by atoms with Gasteiger partial charge in [0, 0.05) is 18.0 Å². The van der Waals surface area contributed by atoms with Gasteiger partial charge in [0.15, 0.2) is 5.78 Å². The molecule has 6 heteroatoms. The van der Waals surface area contributed by atoms with Crippen LogP contribution in [0.15, 0.2) is 18.2 Å². The van der Waals surface area contributed by atoms with Gasteiger partial charge in [0.1, 0.15) is 5.69 Å². The molecule has 2 aromatic rings. The van der Waals surface area contributed by atoms with Crippen molar-refractivity contribution in [2.75, 3.05) is 0 Å². The van der Waals surface area contributed by atoms with Crippen LogP contribution in [0.5, 0.6) is 0 Å². The molecule has 90 valence electrons. The zero-order valence-corrected chi connectivity index (χ0v) is 9.17. The molecule has 0 fully saturated rings. The van der Waals surface area contributed by atoms with Crippen LogP contribution in [0.25, 0.3) is 10.9 Å². The minimum absolute atomic E-state index is 0.00463. The zero-order valence-electron chi connectivity index (χ0n) is 9.17. The summed E-state index contributed by atoms with van der Waals surface area (Å²) in [5.74, 6) is -0.203. The summed E-state index contributed by atoms with van der Waals surface area (Å²) in [4.78, 5) is 11.1. The molecule has 0 amide bonds. The molecule has 0 aliphatic heterocycles. The van der Waals surface area contributed by atoms with Crippen molar-refractivity contribution < 1.29 is 18.0 Å². The maximum absolute atomic E-state index is 12.7. The number of hydrogen-bond acceptors (Lipinski definition) is 2. The lowest BCUT2D eigenvalue weighted by atomic mass is 10.1. The van der Waals surface area contributed by atoms with Gasteiger partial charge in [-0.15, -0.1) is 0 Å². The van der Waals surface area contributed by atoms with E-state index in [1.54, 1.807) is 0 Å². The highest BCUT2D eigenvalue weighted by Gasteiger charge is 2.36. The topological polar surface area (TPSA) is 34.9 Å². The van der Waals surface area contributed by atoms with Crippen LogP contribution in [0.3, 0.4) is 0 Å². The highest BCUT2D eigenvalue weighted by atomic mass is 19.4. The highest BCUT2D eigenvalue weighted by Crippen LogP contribution is 2.34. The molecule has 0 saturated heterocycles. The average molecular weight is 242 g/mol. The summed E-state index contributed by atoms with van der Waals surface area (Å²) in [6, 6.07) is 4.02. The van der Waals surface area contributed by atoms with E-state index in [0.29, 0.717) is 5.56 Å². The fraction of sp³-hybridized carbons (Fsp3) is 0.273. The summed E-state index contributed by atoms with van der Waals surface area (Å²) in [6.45, 7) is 1.36. The van der Waals surface area contributed by atoms with Gasteiger partial charge < -0.3 is 0 Å². The molecule has 0 unspecified atom stereocenters. The molecule has 1 aromatic carbocycles. The zero-order chi connectivity index (χ0) is 12.8. The number of carbonyl (C=O) groups is 1. The van der Waals surface area contributed by atoms with Crippen molar-refractivity contribution in [1.82, 2.24) is 9.78 Å². The predicted octanol–water partition coefficient (Wildman–Crippen LogP) is 2.79. The van der Waals surface area contributed by atoms with Crippen LogP contribution in [-0.2, 0) is 13.2 Å². The minimum atomic E-state index is -4.46. The molecule has 0 atom stereocenters. The molecule has 0 aliphatic rings. The molecule has 0 saturated carbocycles. The Bertz CT molecular complexity index is 599. The third kappa shape index (κ3) is 1.90. The van der Waals surface area contributed by atoms with Gasteiger partial charge in [0.25, 0.3) is 0 Å². The summed E-state index contributed by atoms with van der Waals surface area (Å²) in [6.07, 6.45) is -4.46. The molecule has 0 spiro atoms. The predicted molar refractivity (Wildman–Crippen MR) is 55.7 cm³/mol. The van der Waals surface area contributed by atoms with Gasteiger partial charge in [-0.1, -0.05) is 6.07 Å². The van der Waals surface area contributed by atoms with Crippen molar-refractivity contribution in [3.8, 4) is 0 Å². The number of rotatable bonds is 1. The maximum Gasteiger partial charge on any atom is 0.433 e. The molecule has 17 heavy (non-hydrogen) atoms. The van der Waals surface area contributed by atoms with E-state index in [9.17, 15) is 18.0 Å². The molecule has 2 rings (SSSR count). The average Bonchev–Trinajstić information content (AvgIpc) is 2.51. The van der Waals surface area contributed by atoms with Crippen LogP contribution in [0.1, 0.15) is 23.0 Å². The van der Waals surface area contributed by atoms with Gasteiger partial charge in [-0.25, -0.2) is 0 Å². The van der Waals surface area contributed by atoms with E-state index in [1.165, 1.54) is 32.2 Å². The molecule has 1 heterocycles. The lowest BCUT2D eigenvalue weighted by molar-refractivity contribution is -0.142. The third-order valence-corrected chi connectivity index (χ3v) is 2.51. The Hall–Kier alpha value is -1.85. The number of alkyl halides is 3. The molecule has 3 nitrogen and oxygen atoms in total. The summed E-state index contributed by atoms with van der Waals surface area (Å²) >= 11 is 0. The fourth-order valence-corrected chi connectivity index (χ4v) is 1.76. The van der Waals surface area contributed by atoms with Crippen molar-refractivity contribution >= 4 is 16.7 Å². The van der Waals surface area contributed by atoms with E-state index in [0.717, 1.165) is 4.68 Å². The number of aromatic nitrogens is 2. The summed E-state index contributed by atoms with van der Waals surface area (Å²) < 4.78 is 39.0. The molecule has 0 aliphatic carbocycles. The fourth-order valence-electron chi connectivity index (χ4n) is 1.76. The summed E-state index contributed by atoms with van der Waals surface area (Å²) in [7, 11) is 1.23. The monoisotopic (exact) mass is 242 g/mol. The van der Waals surface area contributed by atoms with Crippen molar-refractivity contribution in [1.29, 1.82) is 0 Å². The van der Waals surface area contributed by atoms with E-state index in [2.05, 4.69) is 5.10 Å². The van der Waals surface area contributed by atoms with Gasteiger partial charge >= 0.3 is 6.18 Å². The molecule has 1 aromatic heterocycles. The minimum Gasteiger partial charge on any atom is -0.295 e. The van der Waals surface area contributed by atoms with Crippen LogP contribution in [0, 0.1) is 0 Å². The second kappa shape index (κ2) is 3.58. The van der Waals surface area contributed by atoms with Crippen LogP contribution in [0.2, 0.25) is 0 Å². The van der Waals surface area contributed by atoms with Crippen LogP contribution >= 0.6 is 0 Å². The van der Waals surface area contributed by atoms with Gasteiger partial charge in [-0.3, -0.25) is 9.48 Å². The second-order valence-corrected chi connectivity index (χ2v) is 3.76. The van der Waals surface area contributed by atoms with Crippen molar-refractivity contribution in [3.05, 3.63) is 29.5 Å². The standard InChI is InChI=1S/C11H9F3N2O/c1-6(17)7-3-4-8-9(5-7)15-16(2)10(8)11(12,13)14/h3-5H,1-2H3. The number of nitrogens with zero attached hydrogens (tertiary/aromatic N) is 2. The lowest BCUT2D eigenvalue weighted by Gasteiger charge is -2.06. The Morgan fingerprint density at radius 3 is 2.53 bits per heavy atom. The Morgan fingerprint density at radius 1 is 1.35 bits per heavy atom.